The van der Waals surface area contributed by atoms with Gasteiger partial charge in [0.05, 0.1) is 12.7 Å². The molecule has 0 spiro atoms. The van der Waals surface area contributed by atoms with Crippen molar-refractivity contribution < 1.29 is 19.4 Å². The van der Waals surface area contributed by atoms with Crippen molar-refractivity contribution in [3.63, 3.8) is 0 Å². The summed E-state index contributed by atoms with van der Waals surface area (Å²) in [5.41, 5.74) is 0.413. The van der Waals surface area contributed by atoms with Gasteiger partial charge in [0.1, 0.15) is 11.6 Å². The van der Waals surface area contributed by atoms with E-state index in [0.29, 0.717) is 30.1 Å². The van der Waals surface area contributed by atoms with Crippen molar-refractivity contribution >= 4 is 30.3 Å². The monoisotopic (exact) mass is 334 g/mol. The maximum atomic E-state index is 12.8. The summed E-state index contributed by atoms with van der Waals surface area (Å²) in [6, 6.07) is 5.91. The number of hydrogen-bond donors (Lipinski definition) is 2. The van der Waals surface area contributed by atoms with E-state index in [2.05, 4.69) is 17.6 Å². The lowest BCUT2D eigenvalue weighted by molar-refractivity contribution is -0.137. The molecule has 1 aliphatic rings. The van der Waals surface area contributed by atoms with E-state index in [0.717, 1.165) is 0 Å². The molecule has 1 atom stereocenters. The first kappa shape index (κ1) is 17.1. The number of carboxylic acids is 1. The van der Waals surface area contributed by atoms with Gasteiger partial charge in [0, 0.05) is 12.3 Å². The van der Waals surface area contributed by atoms with E-state index in [1.807, 2.05) is 6.08 Å². The molecule has 0 saturated carbocycles. The van der Waals surface area contributed by atoms with Crippen molar-refractivity contribution in [2.24, 2.45) is 4.99 Å². The van der Waals surface area contributed by atoms with Gasteiger partial charge >= 0.3 is 5.97 Å². The number of carbonyl (C=O) groups is 2. The molecule has 0 unspecified atom stereocenters. The fraction of sp³-hybridized carbons (Fsp3) is 0.312. The van der Waals surface area contributed by atoms with Crippen molar-refractivity contribution in [1.29, 1.82) is 0 Å². The Balaban J connectivity index is 2.36. The van der Waals surface area contributed by atoms with Crippen LogP contribution in [-0.4, -0.2) is 53.2 Å². The number of nitrogens with zero attached hydrogens (tertiary/aromatic N) is 2. The topological polar surface area (TPSA) is 79.2 Å². The normalized spacial score (nSPS) is 17.1. The molecule has 0 aromatic heterocycles. The van der Waals surface area contributed by atoms with Crippen molar-refractivity contribution in [2.45, 2.75) is 12.5 Å². The summed E-state index contributed by atoms with van der Waals surface area (Å²) in [5.74, 6) is -0.488. The minimum absolute atomic E-state index is 0.0589. The predicted octanol–water partition coefficient (Wildman–Crippen LogP) is 1.88. The number of thiol groups is 1. The van der Waals surface area contributed by atoms with Gasteiger partial charge < -0.3 is 9.84 Å². The molecule has 1 aliphatic heterocycles. The van der Waals surface area contributed by atoms with E-state index in [9.17, 15) is 9.59 Å². The molecule has 0 bridgehead atoms. The number of methoxy groups -OCH3 is 1. The molecule has 1 heterocycles. The van der Waals surface area contributed by atoms with Crippen LogP contribution in [0.4, 0.5) is 0 Å². The number of aliphatic carboxylic acids is 1. The zero-order valence-electron chi connectivity index (χ0n) is 12.7. The number of rotatable bonds is 5. The van der Waals surface area contributed by atoms with Crippen LogP contribution in [0, 0.1) is 0 Å². The molecule has 0 saturated heterocycles. The molecular weight excluding hydrogens is 316 g/mol. The largest absolute Gasteiger partial charge is 0.496 e. The second-order valence-electron chi connectivity index (χ2n) is 4.87. The van der Waals surface area contributed by atoms with Crippen molar-refractivity contribution in [1.82, 2.24) is 4.90 Å². The quantitative estimate of drug-likeness (QED) is 0.806. The van der Waals surface area contributed by atoms with E-state index in [-0.39, 0.29) is 11.7 Å². The summed E-state index contributed by atoms with van der Waals surface area (Å²) in [5, 5.41) is 9.12. The number of para-hydroxylation sites is 1. The van der Waals surface area contributed by atoms with Crippen LogP contribution in [0.15, 0.2) is 41.4 Å². The summed E-state index contributed by atoms with van der Waals surface area (Å²) in [4.78, 5) is 29.6. The zero-order valence-corrected chi connectivity index (χ0v) is 13.6. The summed E-state index contributed by atoms with van der Waals surface area (Å²) in [6.07, 6.45) is 4.21. The highest BCUT2D eigenvalue weighted by molar-refractivity contribution is 7.80. The molecule has 1 N–H and O–H groups in total. The Hall–Kier alpha value is -2.28. The fourth-order valence-electron chi connectivity index (χ4n) is 2.22. The first-order valence-corrected chi connectivity index (χ1v) is 7.74. The second-order valence-corrected chi connectivity index (χ2v) is 5.24. The van der Waals surface area contributed by atoms with Crippen molar-refractivity contribution in [3.8, 4) is 5.75 Å². The zero-order chi connectivity index (χ0) is 16.8. The number of hydrogen-bond acceptors (Lipinski definition) is 5. The third kappa shape index (κ3) is 3.92. The summed E-state index contributed by atoms with van der Waals surface area (Å²) < 4.78 is 5.22. The first-order chi connectivity index (χ1) is 11.1. The summed E-state index contributed by atoms with van der Waals surface area (Å²) in [7, 11) is 1.50. The third-order valence-electron chi connectivity index (χ3n) is 3.39. The molecule has 0 fully saturated rings. The highest BCUT2D eigenvalue weighted by atomic mass is 32.1. The van der Waals surface area contributed by atoms with Crippen molar-refractivity contribution in [2.75, 3.05) is 19.4 Å². The minimum Gasteiger partial charge on any atom is -0.496 e. The maximum absolute atomic E-state index is 12.8. The molecule has 1 amide bonds. The van der Waals surface area contributed by atoms with E-state index < -0.39 is 12.0 Å². The Morgan fingerprint density at radius 2 is 2.17 bits per heavy atom. The number of benzene rings is 1. The van der Waals surface area contributed by atoms with Gasteiger partial charge in [0.2, 0.25) is 0 Å². The molecule has 0 aliphatic carbocycles. The lowest BCUT2D eigenvalue weighted by Gasteiger charge is -2.26. The number of amidine groups is 1. The SMILES string of the molecule is COc1ccccc1C(=O)N1CCC=CC1=N[C@H](CS)C(=O)O. The lowest BCUT2D eigenvalue weighted by atomic mass is 10.1. The summed E-state index contributed by atoms with van der Waals surface area (Å²) in [6.45, 7) is 0.436. The fourth-order valence-corrected chi connectivity index (χ4v) is 2.45. The molecular formula is C16H18N2O4S. The van der Waals surface area contributed by atoms with Gasteiger partial charge in [0.15, 0.2) is 6.04 Å². The van der Waals surface area contributed by atoms with Gasteiger partial charge in [0.25, 0.3) is 5.91 Å². The molecule has 1 aromatic rings. The molecule has 6 nitrogen and oxygen atoms in total. The van der Waals surface area contributed by atoms with Crippen molar-refractivity contribution in [3.05, 3.63) is 42.0 Å². The average molecular weight is 334 g/mol. The molecule has 23 heavy (non-hydrogen) atoms. The van der Waals surface area contributed by atoms with Crippen LogP contribution in [0.3, 0.4) is 0 Å². The van der Waals surface area contributed by atoms with Crippen LogP contribution in [-0.2, 0) is 4.79 Å². The third-order valence-corrected chi connectivity index (χ3v) is 3.74. The van der Waals surface area contributed by atoms with E-state index in [1.165, 1.54) is 12.0 Å². The Morgan fingerprint density at radius 3 is 2.83 bits per heavy atom. The smallest absolute Gasteiger partial charge is 0.329 e. The molecule has 122 valence electrons. The van der Waals surface area contributed by atoms with E-state index in [1.54, 1.807) is 30.3 Å². The van der Waals surface area contributed by atoms with Gasteiger partial charge in [-0.1, -0.05) is 18.2 Å². The van der Waals surface area contributed by atoms with Crippen LogP contribution in [0.1, 0.15) is 16.8 Å². The lowest BCUT2D eigenvalue weighted by Crippen LogP contribution is -2.40. The van der Waals surface area contributed by atoms with Gasteiger partial charge in [-0.2, -0.15) is 12.6 Å². The van der Waals surface area contributed by atoms with Crippen LogP contribution in [0.25, 0.3) is 0 Å². The van der Waals surface area contributed by atoms with Gasteiger partial charge in [-0.3, -0.25) is 14.7 Å². The minimum atomic E-state index is -1.07. The molecule has 7 heteroatoms. The molecule has 1 aromatic carbocycles. The molecule has 0 radical (unpaired) electrons. The van der Waals surface area contributed by atoms with Crippen LogP contribution < -0.4 is 4.74 Å². The van der Waals surface area contributed by atoms with E-state index in [4.69, 9.17) is 9.84 Å². The van der Waals surface area contributed by atoms with Gasteiger partial charge in [-0.05, 0) is 24.6 Å². The molecule has 2 rings (SSSR count). The highest BCUT2D eigenvalue weighted by Gasteiger charge is 2.25. The Morgan fingerprint density at radius 1 is 1.43 bits per heavy atom. The first-order valence-electron chi connectivity index (χ1n) is 7.11. The second kappa shape index (κ2) is 7.82. The van der Waals surface area contributed by atoms with Crippen LogP contribution in [0.2, 0.25) is 0 Å². The highest BCUT2D eigenvalue weighted by Crippen LogP contribution is 2.21. The number of ether oxygens (including phenoxy) is 1. The standard InChI is InChI=1S/C16H18N2O4S/c1-22-13-7-3-2-6-11(13)15(19)18-9-5-4-8-14(18)17-12(10-23)16(20)21/h2-4,6-8,12,23H,5,9-10H2,1H3,(H,20,21)/t12-/m1/s1. The Labute approximate surface area is 139 Å². The number of carboxylic acid groups (broad SMARTS) is 1. The Bertz CT molecular complexity index is 657. The van der Waals surface area contributed by atoms with Crippen LogP contribution in [0.5, 0.6) is 5.75 Å². The van der Waals surface area contributed by atoms with Gasteiger partial charge in [-0.15, -0.1) is 0 Å². The summed E-state index contributed by atoms with van der Waals surface area (Å²) >= 11 is 4.00. The number of amides is 1. The predicted molar refractivity (Wildman–Crippen MR) is 90.5 cm³/mol. The number of carbonyl (C=O) groups excluding carboxylic acids is 1. The van der Waals surface area contributed by atoms with Gasteiger partial charge in [-0.25, -0.2) is 4.79 Å². The van der Waals surface area contributed by atoms with Crippen LogP contribution >= 0.6 is 12.6 Å². The van der Waals surface area contributed by atoms with E-state index >= 15 is 0 Å². The average Bonchev–Trinajstić information content (AvgIpc) is 2.59. The number of aliphatic imine (C=N–C) groups is 1. The maximum Gasteiger partial charge on any atom is 0.329 e. The Kier molecular flexibility index (Phi) is 5.81.